The van der Waals surface area contributed by atoms with E-state index < -0.39 is 26.5 Å². The van der Waals surface area contributed by atoms with Crippen LogP contribution in [0.2, 0.25) is 0 Å². The number of rotatable bonds is 5. The van der Waals surface area contributed by atoms with Gasteiger partial charge in [-0.15, -0.1) is 11.6 Å². The molecule has 0 amide bonds. The Labute approximate surface area is 165 Å². The van der Waals surface area contributed by atoms with Crippen molar-refractivity contribution in [2.45, 2.75) is 81.9 Å². The van der Waals surface area contributed by atoms with Gasteiger partial charge in [-0.2, -0.15) is 0 Å². The maximum atomic E-state index is 13.2. The topological polar surface area (TPSA) is 43.4 Å². The molecule has 0 heterocycles. The molecular formula is C21H31ClO3S. The van der Waals surface area contributed by atoms with Gasteiger partial charge in [0.15, 0.2) is 0 Å². The first-order chi connectivity index (χ1) is 12.1. The van der Waals surface area contributed by atoms with Crippen molar-refractivity contribution >= 4 is 28.4 Å². The van der Waals surface area contributed by atoms with Crippen molar-refractivity contribution in [2.24, 2.45) is 11.3 Å². The zero-order valence-electron chi connectivity index (χ0n) is 16.5. The number of esters is 1. The van der Waals surface area contributed by atoms with E-state index in [-0.39, 0.29) is 11.9 Å². The molecule has 0 aromatic heterocycles. The first-order valence-electron chi connectivity index (χ1n) is 9.41. The molecule has 1 aliphatic rings. The predicted octanol–water partition coefficient (Wildman–Crippen LogP) is 5.60. The zero-order valence-corrected chi connectivity index (χ0v) is 18.1. The van der Waals surface area contributed by atoms with E-state index in [1.165, 1.54) is 0 Å². The number of carbonyl (C=O) groups excluding carboxylic acids is 1. The number of benzene rings is 1. The van der Waals surface area contributed by atoms with E-state index in [1.807, 2.05) is 58.9 Å². The van der Waals surface area contributed by atoms with Gasteiger partial charge in [-0.3, -0.25) is 9.00 Å². The lowest BCUT2D eigenvalue weighted by molar-refractivity contribution is -0.164. The molecule has 0 aliphatic heterocycles. The first kappa shape index (κ1) is 21.4. The normalized spacial score (nSPS) is 20.8. The number of alkyl halides is 1. The van der Waals surface area contributed by atoms with E-state index in [2.05, 4.69) is 0 Å². The fourth-order valence-corrected chi connectivity index (χ4v) is 5.92. The molecule has 3 nitrogen and oxygen atoms in total. The van der Waals surface area contributed by atoms with Gasteiger partial charge in [0.25, 0.3) is 0 Å². The minimum absolute atomic E-state index is 0.244. The highest BCUT2D eigenvalue weighted by Crippen LogP contribution is 2.50. The van der Waals surface area contributed by atoms with Crippen molar-refractivity contribution in [2.75, 3.05) is 0 Å². The molecule has 1 fully saturated rings. The first-order valence-corrected chi connectivity index (χ1v) is 11.1. The lowest BCUT2D eigenvalue weighted by Gasteiger charge is -2.44. The molecule has 1 aromatic carbocycles. The summed E-state index contributed by atoms with van der Waals surface area (Å²) < 4.78 is 18.2. The van der Waals surface area contributed by atoms with Gasteiger partial charge < -0.3 is 4.74 Å². The fraction of sp³-hybridized carbons (Fsp3) is 0.667. The smallest absolute Gasteiger partial charge is 0.309 e. The molecule has 2 rings (SSSR count). The minimum atomic E-state index is -1.38. The Morgan fingerprint density at radius 3 is 2.19 bits per heavy atom. The number of ether oxygens (including phenoxy) is 1. The highest BCUT2D eigenvalue weighted by atomic mass is 35.5. The summed E-state index contributed by atoms with van der Waals surface area (Å²) in [5.74, 6) is -0.634. The van der Waals surface area contributed by atoms with E-state index >= 15 is 0 Å². The molecule has 146 valence electrons. The number of hydrogen-bond donors (Lipinski definition) is 0. The summed E-state index contributed by atoms with van der Waals surface area (Å²) in [4.78, 5) is 13.5. The van der Waals surface area contributed by atoms with Crippen LogP contribution in [-0.2, 0) is 20.3 Å². The molecule has 0 bridgehead atoms. The van der Waals surface area contributed by atoms with E-state index in [0.29, 0.717) is 0 Å². The van der Waals surface area contributed by atoms with Gasteiger partial charge >= 0.3 is 5.97 Å². The van der Waals surface area contributed by atoms with Crippen LogP contribution in [0.4, 0.5) is 0 Å². The Hall–Kier alpha value is -0.870. The molecule has 5 heteroatoms. The molecule has 0 saturated heterocycles. The SMILES string of the molecule is Cc1ccc(S(=O)C(Cl)C2(C(C)C(=O)OC(C)(C)C)CCCCC2)cc1. The third-order valence-electron chi connectivity index (χ3n) is 5.30. The Bertz CT molecular complexity index is 642. The lowest BCUT2D eigenvalue weighted by atomic mass is 9.67. The maximum absolute atomic E-state index is 13.2. The molecule has 3 unspecified atom stereocenters. The summed E-state index contributed by atoms with van der Waals surface area (Å²) >= 11 is 6.84. The Morgan fingerprint density at radius 2 is 1.69 bits per heavy atom. The second-order valence-electron chi connectivity index (χ2n) is 8.48. The summed E-state index contributed by atoms with van der Waals surface area (Å²) in [6.07, 6.45) is 4.74. The number of carbonyl (C=O) groups is 1. The monoisotopic (exact) mass is 398 g/mol. The van der Waals surface area contributed by atoms with Crippen LogP contribution in [-0.4, -0.2) is 20.5 Å². The van der Waals surface area contributed by atoms with Crippen LogP contribution in [0.25, 0.3) is 0 Å². The molecule has 1 aromatic rings. The molecule has 0 spiro atoms. The Kier molecular flexibility index (Phi) is 6.95. The molecular weight excluding hydrogens is 368 g/mol. The third-order valence-corrected chi connectivity index (χ3v) is 7.80. The zero-order chi connectivity index (χ0) is 19.5. The number of halogens is 1. The second kappa shape index (κ2) is 8.43. The van der Waals surface area contributed by atoms with E-state index in [0.717, 1.165) is 42.6 Å². The average Bonchev–Trinajstić information content (AvgIpc) is 2.59. The highest BCUT2D eigenvalue weighted by molar-refractivity contribution is 7.87. The predicted molar refractivity (Wildman–Crippen MR) is 108 cm³/mol. The van der Waals surface area contributed by atoms with Gasteiger partial charge in [-0.05, 0) is 52.7 Å². The van der Waals surface area contributed by atoms with Gasteiger partial charge in [-0.25, -0.2) is 0 Å². The molecule has 3 atom stereocenters. The van der Waals surface area contributed by atoms with Gasteiger partial charge in [0.05, 0.1) is 16.7 Å². The largest absolute Gasteiger partial charge is 0.460 e. The van der Waals surface area contributed by atoms with Crippen LogP contribution >= 0.6 is 11.6 Å². The fourth-order valence-electron chi connectivity index (χ4n) is 3.70. The van der Waals surface area contributed by atoms with E-state index in [9.17, 15) is 9.00 Å². The van der Waals surface area contributed by atoms with Crippen molar-refractivity contribution in [1.29, 1.82) is 0 Å². The summed E-state index contributed by atoms with van der Waals surface area (Å²) in [5, 5.41) is 0. The van der Waals surface area contributed by atoms with Crippen LogP contribution in [0.3, 0.4) is 0 Å². The third kappa shape index (κ3) is 4.89. The quantitative estimate of drug-likeness (QED) is 0.479. The van der Waals surface area contributed by atoms with Crippen LogP contribution in [0.15, 0.2) is 29.2 Å². The van der Waals surface area contributed by atoms with E-state index in [4.69, 9.17) is 16.3 Å². The summed E-state index contributed by atoms with van der Waals surface area (Å²) in [6, 6.07) is 7.63. The Morgan fingerprint density at radius 1 is 1.15 bits per heavy atom. The molecule has 1 aliphatic carbocycles. The van der Waals surface area contributed by atoms with E-state index in [1.54, 1.807) is 0 Å². The second-order valence-corrected chi connectivity index (χ2v) is 10.7. The molecule has 0 radical (unpaired) electrons. The molecule has 1 saturated carbocycles. The summed E-state index contributed by atoms with van der Waals surface area (Å²) in [7, 11) is -1.38. The lowest BCUT2D eigenvalue weighted by Crippen LogP contribution is -2.46. The van der Waals surface area contributed by atoms with Crippen molar-refractivity contribution < 1.29 is 13.7 Å². The van der Waals surface area contributed by atoms with Gasteiger partial charge in [0.1, 0.15) is 10.3 Å². The Balaban J connectivity index is 2.31. The van der Waals surface area contributed by atoms with Crippen LogP contribution in [0, 0.1) is 18.3 Å². The maximum Gasteiger partial charge on any atom is 0.309 e. The van der Waals surface area contributed by atoms with Crippen molar-refractivity contribution in [3.05, 3.63) is 29.8 Å². The molecule has 26 heavy (non-hydrogen) atoms. The average molecular weight is 399 g/mol. The number of aryl methyl sites for hydroxylation is 1. The van der Waals surface area contributed by atoms with Crippen molar-refractivity contribution in [1.82, 2.24) is 0 Å². The number of hydrogen-bond acceptors (Lipinski definition) is 3. The summed E-state index contributed by atoms with van der Waals surface area (Å²) in [5.41, 5.74) is 0.0724. The summed E-state index contributed by atoms with van der Waals surface area (Å²) in [6.45, 7) is 9.49. The van der Waals surface area contributed by atoms with Crippen molar-refractivity contribution in [3.63, 3.8) is 0 Å². The van der Waals surface area contributed by atoms with Crippen molar-refractivity contribution in [3.8, 4) is 0 Å². The van der Waals surface area contributed by atoms with Crippen LogP contribution in [0.5, 0.6) is 0 Å². The van der Waals surface area contributed by atoms with Gasteiger partial charge in [0, 0.05) is 10.3 Å². The van der Waals surface area contributed by atoms with Crippen LogP contribution in [0.1, 0.15) is 65.4 Å². The van der Waals surface area contributed by atoms with Gasteiger partial charge in [0.2, 0.25) is 0 Å². The highest BCUT2D eigenvalue weighted by Gasteiger charge is 2.50. The molecule has 0 N–H and O–H groups in total. The van der Waals surface area contributed by atoms with Crippen LogP contribution < -0.4 is 0 Å². The standard InChI is InChI=1S/C21H31ClO3S/c1-15-9-11-17(12-10-15)26(24)19(22)21(13-7-6-8-14-21)16(2)18(23)25-20(3,4)5/h9-12,16,19H,6-8,13-14H2,1-5H3. The van der Waals surface area contributed by atoms with Gasteiger partial charge in [-0.1, -0.05) is 43.9 Å². The minimum Gasteiger partial charge on any atom is -0.460 e.